The first kappa shape index (κ1) is 15.3. The molecule has 1 saturated heterocycles. The minimum Gasteiger partial charge on any atom is -0.337 e. The van der Waals surface area contributed by atoms with Crippen molar-refractivity contribution in [2.75, 3.05) is 19.6 Å². The molecule has 1 atom stereocenters. The van der Waals surface area contributed by atoms with E-state index < -0.39 is 0 Å². The predicted molar refractivity (Wildman–Crippen MR) is 80.2 cm³/mol. The third-order valence-electron chi connectivity index (χ3n) is 4.39. The molecule has 2 aliphatic rings. The van der Waals surface area contributed by atoms with Crippen molar-refractivity contribution in [1.82, 2.24) is 20.4 Å². The molecule has 5 nitrogen and oxygen atoms in total. The van der Waals surface area contributed by atoms with E-state index in [1.54, 1.807) is 0 Å². The molecule has 2 N–H and O–H groups in total. The number of hydrogen-bond acceptors (Lipinski definition) is 3. The van der Waals surface area contributed by atoms with E-state index in [9.17, 15) is 4.79 Å². The van der Waals surface area contributed by atoms with Crippen LogP contribution in [0.15, 0.2) is 0 Å². The van der Waals surface area contributed by atoms with Gasteiger partial charge in [-0.2, -0.15) is 5.10 Å². The molecular formula is C14H23ClN4O. The van der Waals surface area contributed by atoms with Crippen molar-refractivity contribution in [2.24, 2.45) is 5.92 Å². The van der Waals surface area contributed by atoms with E-state index in [1.165, 1.54) is 6.42 Å². The number of carbonyl (C=O) groups excluding carboxylic acids is 1. The molecule has 0 aliphatic carbocycles. The van der Waals surface area contributed by atoms with Crippen molar-refractivity contribution in [3.8, 4) is 0 Å². The van der Waals surface area contributed by atoms with Gasteiger partial charge in [0, 0.05) is 43.9 Å². The number of nitrogens with one attached hydrogen (secondary N) is 2. The first-order valence-corrected chi connectivity index (χ1v) is 7.35. The topological polar surface area (TPSA) is 61.0 Å². The summed E-state index contributed by atoms with van der Waals surface area (Å²) in [6.45, 7) is 5.70. The van der Waals surface area contributed by atoms with Crippen LogP contribution in [-0.2, 0) is 13.0 Å². The fourth-order valence-electron chi connectivity index (χ4n) is 3.13. The lowest BCUT2D eigenvalue weighted by atomic mass is 9.95. The summed E-state index contributed by atoms with van der Waals surface area (Å²) in [5.74, 6) is 0.768. The van der Waals surface area contributed by atoms with E-state index in [0.717, 1.165) is 56.7 Å². The summed E-state index contributed by atoms with van der Waals surface area (Å²) in [5.41, 5.74) is 2.85. The molecule has 112 valence electrons. The number of nitrogens with zero attached hydrogens (tertiary/aromatic N) is 2. The molecule has 0 bridgehead atoms. The van der Waals surface area contributed by atoms with Crippen LogP contribution in [0.2, 0.25) is 0 Å². The number of aromatic nitrogens is 2. The molecule has 2 aliphatic heterocycles. The lowest BCUT2D eigenvalue weighted by molar-refractivity contribution is 0.0664. The van der Waals surface area contributed by atoms with Crippen LogP contribution in [0.4, 0.5) is 0 Å². The number of halogens is 1. The maximum Gasteiger partial charge on any atom is 0.274 e. The molecule has 0 radical (unpaired) electrons. The Hall–Kier alpha value is -1.07. The first-order valence-electron chi connectivity index (χ1n) is 7.35. The second-order valence-electron chi connectivity index (χ2n) is 5.62. The lowest BCUT2D eigenvalue weighted by Gasteiger charge is -2.32. The summed E-state index contributed by atoms with van der Waals surface area (Å²) in [6.07, 6.45) is 4.47. The Bertz CT molecular complexity index is 474. The van der Waals surface area contributed by atoms with Gasteiger partial charge in [-0.25, -0.2) is 0 Å². The highest BCUT2D eigenvalue weighted by Gasteiger charge is 2.28. The number of rotatable bonds is 2. The maximum atomic E-state index is 12.6. The highest BCUT2D eigenvalue weighted by atomic mass is 35.5. The van der Waals surface area contributed by atoms with Crippen molar-refractivity contribution in [3.63, 3.8) is 0 Å². The summed E-state index contributed by atoms with van der Waals surface area (Å²) in [6, 6.07) is 0. The molecule has 6 heteroatoms. The largest absolute Gasteiger partial charge is 0.337 e. The maximum absolute atomic E-state index is 12.6. The Balaban J connectivity index is 0.00000147. The van der Waals surface area contributed by atoms with Crippen LogP contribution in [0.25, 0.3) is 0 Å². The van der Waals surface area contributed by atoms with Crippen LogP contribution in [0.5, 0.6) is 0 Å². The van der Waals surface area contributed by atoms with Gasteiger partial charge in [0.05, 0.1) is 0 Å². The van der Waals surface area contributed by atoms with E-state index in [0.29, 0.717) is 11.6 Å². The Kier molecular flexibility index (Phi) is 5.05. The van der Waals surface area contributed by atoms with Gasteiger partial charge in [0.15, 0.2) is 5.69 Å². The number of fused-ring (bicyclic) bond motifs is 1. The van der Waals surface area contributed by atoms with Gasteiger partial charge in [0.1, 0.15) is 0 Å². The number of H-pyrrole nitrogens is 1. The van der Waals surface area contributed by atoms with Crippen LogP contribution < -0.4 is 5.32 Å². The minimum atomic E-state index is 0. The SMILES string of the molecule is CCC1CCCN(C(=O)c2n[nH]c3c2CNCC3)C1.Cl. The first-order chi connectivity index (χ1) is 9.29. The highest BCUT2D eigenvalue weighted by molar-refractivity contribution is 5.94. The predicted octanol–water partition coefficient (Wildman–Crippen LogP) is 1.74. The number of amides is 1. The molecule has 1 aromatic rings. The third-order valence-corrected chi connectivity index (χ3v) is 4.39. The molecule has 1 amide bonds. The van der Waals surface area contributed by atoms with Gasteiger partial charge >= 0.3 is 0 Å². The zero-order valence-electron chi connectivity index (χ0n) is 11.9. The summed E-state index contributed by atoms with van der Waals surface area (Å²) in [7, 11) is 0. The molecular weight excluding hydrogens is 276 g/mol. The summed E-state index contributed by atoms with van der Waals surface area (Å²) in [5, 5.41) is 10.6. The summed E-state index contributed by atoms with van der Waals surface area (Å²) in [4.78, 5) is 14.6. The average molecular weight is 299 g/mol. The highest BCUT2D eigenvalue weighted by Crippen LogP contribution is 2.23. The zero-order chi connectivity index (χ0) is 13.2. The fraction of sp³-hybridized carbons (Fsp3) is 0.714. The molecule has 20 heavy (non-hydrogen) atoms. The standard InChI is InChI=1S/C14H22N4O.ClH/c1-2-10-4-3-7-18(9-10)14(19)13-11-8-15-6-5-12(11)16-17-13;/h10,15H,2-9H2,1H3,(H,16,17);1H. The van der Waals surface area contributed by atoms with E-state index in [-0.39, 0.29) is 18.3 Å². The van der Waals surface area contributed by atoms with Crippen molar-refractivity contribution >= 4 is 18.3 Å². The second kappa shape index (κ2) is 6.59. The monoisotopic (exact) mass is 298 g/mol. The van der Waals surface area contributed by atoms with E-state index >= 15 is 0 Å². The van der Waals surface area contributed by atoms with E-state index in [2.05, 4.69) is 22.4 Å². The smallest absolute Gasteiger partial charge is 0.274 e. The van der Waals surface area contributed by atoms with Gasteiger partial charge in [-0.15, -0.1) is 12.4 Å². The van der Waals surface area contributed by atoms with Crippen molar-refractivity contribution in [3.05, 3.63) is 17.0 Å². The quantitative estimate of drug-likeness (QED) is 0.874. The zero-order valence-corrected chi connectivity index (χ0v) is 12.8. The number of piperidine rings is 1. The third kappa shape index (κ3) is 2.83. The number of carbonyl (C=O) groups is 1. The van der Waals surface area contributed by atoms with Crippen LogP contribution in [0.3, 0.4) is 0 Å². The Morgan fingerprint density at radius 3 is 3.15 bits per heavy atom. The Labute approximate surface area is 125 Å². The lowest BCUT2D eigenvalue weighted by Crippen LogP contribution is -2.40. The molecule has 0 saturated carbocycles. The number of likely N-dealkylation sites (tertiary alicyclic amines) is 1. The molecule has 1 fully saturated rings. The second-order valence-corrected chi connectivity index (χ2v) is 5.62. The number of hydrogen-bond donors (Lipinski definition) is 2. The Morgan fingerprint density at radius 1 is 1.50 bits per heavy atom. The van der Waals surface area contributed by atoms with Crippen LogP contribution in [-0.4, -0.2) is 40.6 Å². The summed E-state index contributed by atoms with van der Waals surface area (Å²) >= 11 is 0. The Morgan fingerprint density at radius 2 is 2.35 bits per heavy atom. The normalized spacial score (nSPS) is 22.1. The fourth-order valence-corrected chi connectivity index (χ4v) is 3.13. The molecule has 0 spiro atoms. The molecule has 3 rings (SSSR count). The average Bonchev–Trinajstić information content (AvgIpc) is 2.90. The van der Waals surface area contributed by atoms with Crippen molar-refractivity contribution in [2.45, 2.75) is 39.2 Å². The van der Waals surface area contributed by atoms with E-state index in [1.807, 2.05) is 4.90 Å². The van der Waals surface area contributed by atoms with Gasteiger partial charge < -0.3 is 10.2 Å². The molecule has 0 aromatic carbocycles. The van der Waals surface area contributed by atoms with Gasteiger partial charge in [-0.05, 0) is 18.8 Å². The van der Waals surface area contributed by atoms with Crippen LogP contribution >= 0.6 is 12.4 Å². The van der Waals surface area contributed by atoms with Gasteiger partial charge in [-0.1, -0.05) is 13.3 Å². The summed E-state index contributed by atoms with van der Waals surface area (Å²) < 4.78 is 0. The molecule has 1 aromatic heterocycles. The van der Waals surface area contributed by atoms with Crippen LogP contribution in [0.1, 0.15) is 47.9 Å². The minimum absolute atomic E-state index is 0. The van der Waals surface area contributed by atoms with Crippen molar-refractivity contribution in [1.29, 1.82) is 0 Å². The van der Waals surface area contributed by atoms with Gasteiger partial charge in [0.2, 0.25) is 0 Å². The van der Waals surface area contributed by atoms with E-state index in [4.69, 9.17) is 0 Å². The van der Waals surface area contributed by atoms with Crippen LogP contribution in [0, 0.1) is 5.92 Å². The van der Waals surface area contributed by atoms with Gasteiger partial charge in [0.25, 0.3) is 5.91 Å². The van der Waals surface area contributed by atoms with Crippen molar-refractivity contribution < 1.29 is 4.79 Å². The molecule has 3 heterocycles. The number of aromatic amines is 1. The van der Waals surface area contributed by atoms with Gasteiger partial charge in [-0.3, -0.25) is 9.89 Å². The molecule has 1 unspecified atom stereocenters.